The molecular weight excluding hydrogens is 465 g/mol. The number of hydrogen-bond donors (Lipinski definition) is 1. The van der Waals surface area contributed by atoms with Crippen LogP contribution in [0.1, 0.15) is 44.1 Å². The van der Waals surface area contributed by atoms with Crippen LogP contribution in [0.25, 0.3) is 0 Å². The largest absolute Gasteiger partial charge is 0.375 e. The first-order valence-electron chi connectivity index (χ1n) is 10.6. The Hall–Kier alpha value is -0.860. The van der Waals surface area contributed by atoms with Crippen molar-refractivity contribution in [1.82, 2.24) is 10.2 Å². The smallest absolute Gasteiger partial charge is 0.193 e. The number of aliphatic imine (C=N–C) groups is 1. The minimum Gasteiger partial charge on any atom is -0.375 e. The number of rotatable bonds is 4. The molecule has 2 aliphatic heterocycles. The van der Waals surface area contributed by atoms with Gasteiger partial charge in [0.25, 0.3) is 0 Å². The zero-order valence-corrected chi connectivity index (χ0v) is 19.3. The molecule has 1 aliphatic carbocycles. The van der Waals surface area contributed by atoms with E-state index in [1.54, 1.807) is 0 Å². The van der Waals surface area contributed by atoms with E-state index < -0.39 is 0 Å². The molecule has 1 aromatic carbocycles. The maximum absolute atomic E-state index is 6.00. The highest BCUT2D eigenvalue weighted by molar-refractivity contribution is 14.0. The molecule has 2 atom stereocenters. The second-order valence-electron chi connectivity index (χ2n) is 8.16. The second kappa shape index (κ2) is 10.3. The van der Waals surface area contributed by atoms with Gasteiger partial charge in [0.05, 0.1) is 12.7 Å². The van der Waals surface area contributed by atoms with Crippen LogP contribution >= 0.6 is 24.0 Å². The predicted octanol–water partition coefficient (Wildman–Crippen LogP) is 3.57. The molecule has 2 saturated heterocycles. The van der Waals surface area contributed by atoms with Gasteiger partial charge in [-0.2, -0.15) is 0 Å². The van der Waals surface area contributed by atoms with Crippen molar-refractivity contribution >= 4 is 29.9 Å². The minimum atomic E-state index is 0. The number of morpholine rings is 1. The number of nitrogens with zero attached hydrogens (tertiary/aromatic N) is 2. The topological polar surface area (TPSA) is 46.1 Å². The summed E-state index contributed by atoms with van der Waals surface area (Å²) in [4.78, 5) is 6.94. The summed E-state index contributed by atoms with van der Waals surface area (Å²) < 4.78 is 11.9. The van der Waals surface area contributed by atoms with E-state index in [4.69, 9.17) is 9.47 Å². The van der Waals surface area contributed by atoms with Gasteiger partial charge in [-0.15, -0.1) is 24.0 Å². The predicted molar refractivity (Wildman–Crippen MR) is 124 cm³/mol. The summed E-state index contributed by atoms with van der Waals surface area (Å²) in [7, 11) is 1.89. The van der Waals surface area contributed by atoms with Gasteiger partial charge in [-0.05, 0) is 31.2 Å². The first-order valence-corrected chi connectivity index (χ1v) is 10.6. The highest BCUT2D eigenvalue weighted by Crippen LogP contribution is 2.40. The first-order chi connectivity index (χ1) is 13.3. The maximum atomic E-state index is 6.00. The van der Waals surface area contributed by atoms with Gasteiger partial charge in [0.1, 0.15) is 6.10 Å². The molecule has 3 fully saturated rings. The van der Waals surface area contributed by atoms with Crippen molar-refractivity contribution < 1.29 is 9.47 Å². The lowest BCUT2D eigenvalue weighted by Crippen LogP contribution is -2.54. The van der Waals surface area contributed by atoms with Gasteiger partial charge in [-0.1, -0.05) is 43.2 Å². The summed E-state index contributed by atoms with van der Waals surface area (Å²) in [5.74, 6) is 1.00. The van der Waals surface area contributed by atoms with Gasteiger partial charge in [0.15, 0.2) is 5.96 Å². The molecule has 3 aliphatic rings. The Morgan fingerprint density at radius 3 is 2.54 bits per heavy atom. The molecule has 5 nitrogen and oxygen atoms in total. The molecule has 0 amide bonds. The van der Waals surface area contributed by atoms with Crippen LogP contribution in [0.15, 0.2) is 35.3 Å². The van der Waals surface area contributed by atoms with Crippen LogP contribution < -0.4 is 5.32 Å². The summed E-state index contributed by atoms with van der Waals surface area (Å²) in [6.45, 7) is 4.32. The Balaban J connectivity index is 0.00000225. The molecule has 1 N–H and O–H groups in total. The van der Waals surface area contributed by atoms with Crippen molar-refractivity contribution in [3.05, 3.63) is 35.9 Å². The molecule has 4 rings (SSSR count). The Bertz CT molecular complexity index is 628. The van der Waals surface area contributed by atoms with E-state index in [0.717, 1.165) is 51.6 Å². The summed E-state index contributed by atoms with van der Waals surface area (Å²) in [6.07, 6.45) is 7.80. The van der Waals surface area contributed by atoms with Gasteiger partial charge >= 0.3 is 0 Å². The summed E-state index contributed by atoms with van der Waals surface area (Å²) >= 11 is 0. The van der Waals surface area contributed by atoms with Gasteiger partial charge in [0, 0.05) is 38.7 Å². The second-order valence-corrected chi connectivity index (χ2v) is 8.16. The minimum absolute atomic E-state index is 0. The SMILES string of the molecule is CN=C(NCC1(c2ccccc2)CCCC1)N1CCOC(C2CCCO2)C1.I. The van der Waals surface area contributed by atoms with Gasteiger partial charge < -0.3 is 19.7 Å². The van der Waals surface area contributed by atoms with Crippen molar-refractivity contribution in [2.45, 2.75) is 56.1 Å². The van der Waals surface area contributed by atoms with Crippen molar-refractivity contribution in [3.63, 3.8) is 0 Å². The highest BCUT2D eigenvalue weighted by atomic mass is 127. The molecule has 156 valence electrons. The van der Waals surface area contributed by atoms with Crippen molar-refractivity contribution in [2.24, 2.45) is 4.99 Å². The quantitative estimate of drug-likeness (QED) is 0.391. The zero-order valence-electron chi connectivity index (χ0n) is 16.9. The molecule has 0 aromatic heterocycles. The average molecular weight is 499 g/mol. The van der Waals surface area contributed by atoms with Crippen LogP contribution in [0.3, 0.4) is 0 Å². The van der Waals surface area contributed by atoms with E-state index in [0.29, 0.717) is 0 Å². The van der Waals surface area contributed by atoms with Crippen LogP contribution in [0.4, 0.5) is 0 Å². The number of halogens is 1. The molecule has 6 heteroatoms. The normalized spacial score (nSPS) is 27.5. The van der Waals surface area contributed by atoms with Crippen molar-refractivity contribution in [3.8, 4) is 0 Å². The Kier molecular flexibility index (Phi) is 8.00. The third kappa shape index (κ3) is 4.82. The van der Waals surface area contributed by atoms with Crippen molar-refractivity contribution in [2.75, 3.05) is 39.9 Å². The van der Waals surface area contributed by atoms with Crippen LogP contribution in [-0.2, 0) is 14.9 Å². The summed E-state index contributed by atoms with van der Waals surface area (Å²) in [5.41, 5.74) is 1.70. The third-order valence-electron chi connectivity index (χ3n) is 6.52. The molecule has 28 heavy (non-hydrogen) atoms. The van der Waals surface area contributed by atoms with Gasteiger partial charge in [-0.25, -0.2) is 0 Å². The number of hydrogen-bond acceptors (Lipinski definition) is 3. The van der Waals surface area contributed by atoms with Gasteiger partial charge in [0.2, 0.25) is 0 Å². The summed E-state index contributed by atoms with van der Waals surface area (Å²) in [5, 5.41) is 3.71. The van der Waals surface area contributed by atoms with Crippen LogP contribution in [-0.4, -0.2) is 63.0 Å². The number of benzene rings is 1. The molecular formula is C22H34IN3O2. The Morgan fingerprint density at radius 1 is 1.11 bits per heavy atom. The molecule has 0 bridgehead atoms. The van der Waals surface area contributed by atoms with Crippen LogP contribution in [0.2, 0.25) is 0 Å². The van der Waals surface area contributed by atoms with E-state index in [9.17, 15) is 0 Å². The number of guanidine groups is 1. The van der Waals surface area contributed by atoms with E-state index >= 15 is 0 Å². The molecule has 1 saturated carbocycles. The monoisotopic (exact) mass is 499 g/mol. The maximum Gasteiger partial charge on any atom is 0.193 e. The molecule has 0 radical (unpaired) electrons. The van der Waals surface area contributed by atoms with E-state index in [1.807, 2.05) is 7.05 Å². The van der Waals surface area contributed by atoms with Gasteiger partial charge in [-0.3, -0.25) is 4.99 Å². The lowest BCUT2D eigenvalue weighted by molar-refractivity contribution is -0.0817. The first kappa shape index (κ1) is 21.8. The summed E-state index contributed by atoms with van der Waals surface area (Å²) in [6, 6.07) is 11.0. The number of nitrogens with one attached hydrogen (secondary N) is 1. The van der Waals surface area contributed by atoms with Crippen LogP contribution in [0, 0.1) is 0 Å². The fourth-order valence-electron chi connectivity index (χ4n) is 4.98. The fraction of sp³-hybridized carbons (Fsp3) is 0.682. The van der Waals surface area contributed by atoms with E-state index in [2.05, 4.69) is 45.5 Å². The van der Waals surface area contributed by atoms with E-state index in [1.165, 1.54) is 31.2 Å². The average Bonchev–Trinajstić information content (AvgIpc) is 3.42. The lowest BCUT2D eigenvalue weighted by atomic mass is 9.79. The lowest BCUT2D eigenvalue weighted by Gasteiger charge is -2.38. The van der Waals surface area contributed by atoms with Crippen LogP contribution in [0.5, 0.6) is 0 Å². The molecule has 0 spiro atoms. The third-order valence-corrected chi connectivity index (χ3v) is 6.52. The Morgan fingerprint density at radius 2 is 1.86 bits per heavy atom. The Labute approximate surface area is 186 Å². The fourth-order valence-corrected chi connectivity index (χ4v) is 4.98. The molecule has 2 heterocycles. The zero-order chi connectivity index (χ0) is 18.5. The molecule has 2 unspecified atom stereocenters. The van der Waals surface area contributed by atoms with Crippen molar-refractivity contribution in [1.29, 1.82) is 0 Å². The number of ether oxygens (including phenoxy) is 2. The van der Waals surface area contributed by atoms with E-state index in [-0.39, 0.29) is 41.6 Å². The standard InChI is InChI=1S/C22H33N3O2.HI/c1-23-21(25-13-15-27-20(16-25)19-10-7-14-26-19)24-17-22(11-5-6-12-22)18-8-3-2-4-9-18;/h2-4,8-9,19-20H,5-7,10-17H2,1H3,(H,23,24);1H. The highest BCUT2D eigenvalue weighted by Gasteiger charge is 2.37. The molecule has 1 aromatic rings.